The van der Waals surface area contributed by atoms with Crippen LogP contribution < -0.4 is 11.1 Å². The van der Waals surface area contributed by atoms with Crippen LogP contribution in [0, 0.1) is 5.82 Å². The monoisotopic (exact) mass is 298 g/mol. The lowest BCUT2D eigenvalue weighted by Gasteiger charge is -2.11. The van der Waals surface area contributed by atoms with Crippen molar-refractivity contribution in [1.82, 2.24) is 0 Å². The summed E-state index contributed by atoms with van der Waals surface area (Å²) in [4.78, 5) is -0.0134. The van der Waals surface area contributed by atoms with Gasteiger partial charge < -0.3 is 11.1 Å². The lowest BCUT2D eigenvalue weighted by atomic mass is 10.1. The second kappa shape index (κ2) is 6.24. The molecule has 0 aliphatic rings. The summed E-state index contributed by atoms with van der Waals surface area (Å²) in [7, 11) is 0. The van der Waals surface area contributed by atoms with Gasteiger partial charge >= 0.3 is 5.51 Å². The Morgan fingerprint density at radius 2 is 2.06 bits per heavy atom. The number of anilines is 1. The fourth-order valence-electron chi connectivity index (χ4n) is 1.23. The Kier molecular flexibility index (Phi) is 5.21. The summed E-state index contributed by atoms with van der Waals surface area (Å²) >= 11 is 4.60. The molecule has 3 N–H and O–H groups in total. The number of rotatable bonds is 5. The van der Waals surface area contributed by atoms with E-state index in [1.807, 2.05) is 0 Å². The van der Waals surface area contributed by atoms with Crippen LogP contribution in [0.3, 0.4) is 0 Å². The van der Waals surface area contributed by atoms with Gasteiger partial charge in [0.05, 0.1) is 0 Å². The number of thioether (sulfide) groups is 1. The summed E-state index contributed by atoms with van der Waals surface area (Å²) in [6.07, 6.45) is 0. The maximum Gasteiger partial charge on any atom is 0.441 e. The van der Waals surface area contributed by atoms with E-state index in [9.17, 15) is 17.6 Å². The van der Waals surface area contributed by atoms with E-state index in [0.717, 1.165) is 6.07 Å². The van der Waals surface area contributed by atoms with Gasteiger partial charge in [-0.2, -0.15) is 13.2 Å². The molecular weight excluding hydrogens is 288 g/mol. The van der Waals surface area contributed by atoms with Crippen molar-refractivity contribution >= 4 is 34.7 Å². The molecular formula is C10H10F4N2S2. The van der Waals surface area contributed by atoms with E-state index in [0.29, 0.717) is 5.69 Å². The molecule has 18 heavy (non-hydrogen) atoms. The van der Waals surface area contributed by atoms with Gasteiger partial charge in [-0.3, -0.25) is 0 Å². The smallest absolute Gasteiger partial charge is 0.389 e. The first kappa shape index (κ1) is 15.0. The Hall–Kier alpha value is -1.02. The summed E-state index contributed by atoms with van der Waals surface area (Å²) in [6.45, 7) is 0.0748. The quantitative estimate of drug-likeness (QED) is 0.497. The molecule has 0 atom stereocenters. The van der Waals surface area contributed by atoms with Crippen molar-refractivity contribution < 1.29 is 17.6 Å². The van der Waals surface area contributed by atoms with Crippen molar-refractivity contribution in [2.45, 2.75) is 5.51 Å². The number of nitrogens with one attached hydrogen (secondary N) is 1. The van der Waals surface area contributed by atoms with Crippen LogP contribution >= 0.6 is 24.0 Å². The van der Waals surface area contributed by atoms with E-state index in [1.54, 1.807) is 0 Å². The number of hydrogen-bond donors (Lipinski definition) is 2. The normalized spacial score (nSPS) is 11.3. The SMILES string of the molecule is NC(=S)c1cc(F)ccc1NCCSC(F)(F)F. The maximum absolute atomic E-state index is 13.0. The highest BCUT2D eigenvalue weighted by Crippen LogP contribution is 2.29. The van der Waals surface area contributed by atoms with Crippen LogP contribution in [-0.2, 0) is 0 Å². The Balaban J connectivity index is 2.59. The van der Waals surface area contributed by atoms with E-state index in [2.05, 4.69) is 5.32 Å². The summed E-state index contributed by atoms with van der Waals surface area (Å²) in [5.41, 5.74) is 1.85. The van der Waals surface area contributed by atoms with Crippen LogP contribution in [0.2, 0.25) is 0 Å². The zero-order chi connectivity index (χ0) is 13.8. The first-order valence-corrected chi connectivity index (χ1v) is 6.23. The third kappa shape index (κ3) is 5.09. The second-order valence-corrected chi connectivity index (χ2v) is 4.87. The molecule has 0 aliphatic heterocycles. The summed E-state index contributed by atoms with van der Waals surface area (Å²) in [5.74, 6) is -0.662. The van der Waals surface area contributed by atoms with Gasteiger partial charge in [0.1, 0.15) is 10.8 Å². The van der Waals surface area contributed by atoms with E-state index in [-0.39, 0.29) is 34.6 Å². The Labute approximate surface area is 111 Å². The van der Waals surface area contributed by atoms with Gasteiger partial charge in [0.15, 0.2) is 0 Å². The average molecular weight is 298 g/mol. The molecule has 0 fully saturated rings. The molecule has 0 saturated heterocycles. The molecule has 0 spiro atoms. The van der Waals surface area contributed by atoms with Crippen LogP contribution in [0.5, 0.6) is 0 Å². The standard InChI is InChI=1S/C10H10F4N2S2/c11-6-1-2-8(7(5-6)9(15)17)16-3-4-18-10(12,13)14/h1-2,5,16H,3-4H2,(H2,15,17). The van der Waals surface area contributed by atoms with Crippen molar-refractivity contribution in [3.8, 4) is 0 Å². The van der Waals surface area contributed by atoms with Crippen LogP contribution in [0.4, 0.5) is 23.2 Å². The number of hydrogen-bond acceptors (Lipinski definition) is 3. The molecule has 1 rings (SSSR count). The molecule has 0 aromatic heterocycles. The van der Waals surface area contributed by atoms with Gasteiger partial charge in [0.25, 0.3) is 0 Å². The predicted octanol–water partition coefficient (Wildman–Crippen LogP) is 3.12. The molecule has 0 aliphatic carbocycles. The Bertz CT molecular complexity index is 434. The summed E-state index contributed by atoms with van der Waals surface area (Å²) in [6, 6.07) is 3.71. The van der Waals surface area contributed by atoms with E-state index < -0.39 is 11.3 Å². The molecule has 2 nitrogen and oxygen atoms in total. The van der Waals surface area contributed by atoms with Gasteiger partial charge in [-0.25, -0.2) is 4.39 Å². The highest BCUT2D eigenvalue weighted by Gasteiger charge is 2.27. The lowest BCUT2D eigenvalue weighted by molar-refractivity contribution is -0.0327. The van der Waals surface area contributed by atoms with Crippen molar-refractivity contribution in [2.75, 3.05) is 17.6 Å². The molecule has 1 aromatic carbocycles. The van der Waals surface area contributed by atoms with E-state index >= 15 is 0 Å². The van der Waals surface area contributed by atoms with E-state index in [1.165, 1.54) is 12.1 Å². The minimum atomic E-state index is -4.25. The highest BCUT2D eigenvalue weighted by molar-refractivity contribution is 8.00. The molecule has 0 bridgehead atoms. The topological polar surface area (TPSA) is 38.0 Å². The minimum absolute atomic E-state index is 0.0134. The maximum atomic E-state index is 13.0. The molecule has 0 amide bonds. The summed E-state index contributed by atoms with van der Waals surface area (Å²) < 4.78 is 48.6. The number of benzene rings is 1. The van der Waals surface area contributed by atoms with Crippen molar-refractivity contribution in [3.05, 3.63) is 29.6 Å². The van der Waals surface area contributed by atoms with Gasteiger partial charge in [-0.05, 0) is 30.0 Å². The molecule has 0 radical (unpaired) electrons. The first-order chi connectivity index (χ1) is 8.29. The molecule has 0 heterocycles. The predicted molar refractivity (Wildman–Crippen MR) is 69.3 cm³/mol. The van der Waals surface area contributed by atoms with Gasteiger partial charge in [-0.15, -0.1) is 0 Å². The number of thiocarbonyl (C=S) groups is 1. The molecule has 1 aromatic rings. The molecule has 0 saturated carbocycles. The molecule has 8 heteroatoms. The lowest BCUT2D eigenvalue weighted by Crippen LogP contribution is -2.15. The zero-order valence-electron chi connectivity index (χ0n) is 9.05. The summed E-state index contributed by atoms with van der Waals surface area (Å²) in [5, 5.41) is 2.74. The Morgan fingerprint density at radius 3 is 2.61 bits per heavy atom. The second-order valence-electron chi connectivity index (χ2n) is 3.28. The fourth-order valence-corrected chi connectivity index (χ4v) is 1.83. The van der Waals surface area contributed by atoms with Crippen molar-refractivity contribution in [3.63, 3.8) is 0 Å². The largest absolute Gasteiger partial charge is 0.441 e. The number of nitrogens with two attached hydrogens (primary N) is 1. The third-order valence-electron chi connectivity index (χ3n) is 1.93. The van der Waals surface area contributed by atoms with Crippen molar-refractivity contribution in [1.29, 1.82) is 0 Å². The third-order valence-corrected chi connectivity index (χ3v) is 2.89. The van der Waals surface area contributed by atoms with E-state index in [4.69, 9.17) is 18.0 Å². The first-order valence-electron chi connectivity index (χ1n) is 4.83. The van der Waals surface area contributed by atoms with Crippen LogP contribution in [0.1, 0.15) is 5.56 Å². The van der Waals surface area contributed by atoms with Crippen LogP contribution in [0.25, 0.3) is 0 Å². The molecule has 100 valence electrons. The fraction of sp³-hybridized carbons (Fsp3) is 0.300. The highest BCUT2D eigenvalue weighted by atomic mass is 32.2. The van der Waals surface area contributed by atoms with Gasteiger partial charge in [0, 0.05) is 23.5 Å². The number of alkyl halides is 3. The van der Waals surface area contributed by atoms with Gasteiger partial charge in [-0.1, -0.05) is 12.2 Å². The minimum Gasteiger partial charge on any atom is -0.389 e. The van der Waals surface area contributed by atoms with Gasteiger partial charge in [0.2, 0.25) is 0 Å². The van der Waals surface area contributed by atoms with Crippen molar-refractivity contribution in [2.24, 2.45) is 5.73 Å². The van der Waals surface area contributed by atoms with Crippen LogP contribution in [0.15, 0.2) is 18.2 Å². The Morgan fingerprint density at radius 1 is 1.39 bits per heavy atom. The number of halogens is 4. The van der Waals surface area contributed by atoms with Crippen LogP contribution in [-0.4, -0.2) is 22.8 Å². The average Bonchev–Trinajstić information content (AvgIpc) is 2.24. The molecule has 0 unspecified atom stereocenters. The zero-order valence-corrected chi connectivity index (χ0v) is 10.7.